The number of carbonyl (C=O) groups is 1. The highest BCUT2D eigenvalue weighted by Crippen LogP contribution is 2.28. The van der Waals surface area contributed by atoms with Crippen molar-refractivity contribution in [3.8, 4) is 5.75 Å². The van der Waals surface area contributed by atoms with Gasteiger partial charge in [-0.25, -0.2) is 8.42 Å². The third kappa shape index (κ3) is 6.35. The van der Waals surface area contributed by atoms with Crippen LogP contribution >= 0.6 is 11.6 Å². The lowest BCUT2D eigenvalue weighted by Gasteiger charge is -2.22. The van der Waals surface area contributed by atoms with E-state index in [2.05, 4.69) is 5.32 Å². The van der Waals surface area contributed by atoms with E-state index < -0.39 is 15.9 Å². The van der Waals surface area contributed by atoms with Crippen LogP contribution < -0.4 is 10.1 Å². The third-order valence-electron chi connectivity index (χ3n) is 5.24. The van der Waals surface area contributed by atoms with Crippen molar-refractivity contribution in [1.29, 1.82) is 0 Å². The summed E-state index contributed by atoms with van der Waals surface area (Å²) in [5.41, 5.74) is 3.53. The summed E-state index contributed by atoms with van der Waals surface area (Å²) in [7, 11) is -2.53. The fourth-order valence-electron chi connectivity index (χ4n) is 3.36. The Morgan fingerprint density at radius 3 is 2.42 bits per heavy atom. The van der Waals surface area contributed by atoms with Gasteiger partial charge in [0, 0.05) is 12.2 Å². The predicted octanol–water partition coefficient (Wildman–Crippen LogP) is 4.84. The first-order valence-electron chi connectivity index (χ1n) is 10.5. The zero-order chi connectivity index (χ0) is 24.0. The van der Waals surface area contributed by atoms with Gasteiger partial charge in [0.2, 0.25) is 15.9 Å². The van der Waals surface area contributed by atoms with Crippen molar-refractivity contribution in [1.82, 2.24) is 4.31 Å². The standard InChI is InChI=1S/C25H27ClN2O4S/c1-18-9-10-19(2)23(15-18)27-25(29)17-28(14-13-20-7-5-4-6-8-20)33(30,31)21-11-12-24(32-3)22(26)16-21/h4-12,15-16H,13-14,17H2,1-3H3,(H,27,29). The molecule has 0 unspecified atom stereocenters. The monoisotopic (exact) mass is 486 g/mol. The van der Waals surface area contributed by atoms with Gasteiger partial charge in [-0.2, -0.15) is 4.31 Å². The van der Waals surface area contributed by atoms with E-state index >= 15 is 0 Å². The summed E-state index contributed by atoms with van der Waals surface area (Å²) >= 11 is 6.17. The van der Waals surface area contributed by atoms with Gasteiger partial charge in [-0.1, -0.05) is 54.1 Å². The number of methoxy groups -OCH3 is 1. The number of ether oxygens (including phenoxy) is 1. The lowest BCUT2D eigenvalue weighted by Crippen LogP contribution is -2.39. The van der Waals surface area contributed by atoms with Gasteiger partial charge >= 0.3 is 0 Å². The third-order valence-corrected chi connectivity index (χ3v) is 7.38. The second-order valence-corrected chi connectivity index (χ2v) is 10.1. The number of nitrogens with zero attached hydrogens (tertiary/aromatic N) is 1. The maximum atomic E-state index is 13.5. The summed E-state index contributed by atoms with van der Waals surface area (Å²) in [5.74, 6) is -0.0425. The molecule has 174 valence electrons. The topological polar surface area (TPSA) is 75.7 Å². The Kier molecular flexibility index (Phi) is 8.13. The number of halogens is 1. The van der Waals surface area contributed by atoms with E-state index in [9.17, 15) is 13.2 Å². The molecule has 1 amide bonds. The van der Waals surface area contributed by atoms with Gasteiger partial charge < -0.3 is 10.1 Å². The minimum absolute atomic E-state index is 0.000831. The van der Waals surface area contributed by atoms with Crippen molar-refractivity contribution >= 4 is 33.2 Å². The molecular formula is C25H27ClN2O4S. The molecule has 0 saturated carbocycles. The molecule has 0 radical (unpaired) electrons. The van der Waals surface area contributed by atoms with Crippen LogP contribution in [0.1, 0.15) is 16.7 Å². The number of nitrogens with one attached hydrogen (secondary N) is 1. The average molecular weight is 487 g/mol. The fraction of sp³-hybridized carbons (Fsp3) is 0.240. The quantitative estimate of drug-likeness (QED) is 0.469. The van der Waals surface area contributed by atoms with Crippen LogP contribution in [0.3, 0.4) is 0 Å². The van der Waals surface area contributed by atoms with Gasteiger partial charge in [0.1, 0.15) is 5.75 Å². The van der Waals surface area contributed by atoms with Crippen molar-refractivity contribution < 1.29 is 17.9 Å². The van der Waals surface area contributed by atoms with Crippen LogP contribution in [0.15, 0.2) is 71.6 Å². The molecule has 0 saturated heterocycles. The molecule has 6 nitrogen and oxygen atoms in total. The van der Waals surface area contributed by atoms with Gasteiger partial charge in [0.15, 0.2) is 0 Å². The molecule has 0 bridgehead atoms. The number of sulfonamides is 1. The van der Waals surface area contributed by atoms with Crippen LogP contribution in [0, 0.1) is 13.8 Å². The molecular weight excluding hydrogens is 460 g/mol. The van der Waals surface area contributed by atoms with Crippen LogP contribution in [-0.4, -0.2) is 38.8 Å². The van der Waals surface area contributed by atoms with E-state index in [0.29, 0.717) is 17.9 Å². The Morgan fingerprint density at radius 1 is 1.03 bits per heavy atom. The van der Waals surface area contributed by atoms with Crippen molar-refractivity contribution in [2.45, 2.75) is 25.2 Å². The first-order chi connectivity index (χ1) is 15.7. The van der Waals surface area contributed by atoms with Crippen LogP contribution in [0.25, 0.3) is 0 Å². The minimum Gasteiger partial charge on any atom is -0.495 e. The SMILES string of the molecule is COc1ccc(S(=O)(=O)N(CCc2ccccc2)CC(=O)Nc2cc(C)ccc2C)cc1Cl. The molecule has 3 aromatic carbocycles. The summed E-state index contributed by atoms with van der Waals surface area (Å²) < 4.78 is 33.2. The molecule has 0 spiro atoms. The minimum atomic E-state index is -3.99. The predicted molar refractivity (Wildman–Crippen MR) is 131 cm³/mol. The molecule has 0 heterocycles. The number of hydrogen-bond donors (Lipinski definition) is 1. The number of carbonyl (C=O) groups excluding carboxylic acids is 1. The van der Waals surface area contributed by atoms with E-state index in [1.54, 1.807) is 0 Å². The lowest BCUT2D eigenvalue weighted by atomic mass is 10.1. The summed E-state index contributed by atoms with van der Waals surface area (Å²) in [6, 6.07) is 19.5. The number of amides is 1. The Bertz CT molecular complexity index is 1230. The highest BCUT2D eigenvalue weighted by Gasteiger charge is 2.27. The highest BCUT2D eigenvalue weighted by atomic mass is 35.5. The Hall–Kier alpha value is -2.87. The van der Waals surface area contributed by atoms with Crippen molar-refractivity contribution in [3.63, 3.8) is 0 Å². The highest BCUT2D eigenvalue weighted by molar-refractivity contribution is 7.89. The first kappa shape index (κ1) is 24.8. The molecule has 3 aromatic rings. The summed E-state index contributed by atoms with van der Waals surface area (Å²) in [4.78, 5) is 12.9. The molecule has 0 atom stereocenters. The van der Waals surface area contributed by atoms with Gasteiger partial charge in [0.05, 0.1) is 23.6 Å². The molecule has 0 aromatic heterocycles. The maximum absolute atomic E-state index is 13.5. The van der Waals surface area contributed by atoms with Gasteiger partial charge in [0.25, 0.3) is 0 Å². The largest absolute Gasteiger partial charge is 0.495 e. The number of anilines is 1. The molecule has 8 heteroatoms. The Morgan fingerprint density at radius 2 is 1.76 bits per heavy atom. The first-order valence-corrected chi connectivity index (χ1v) is 12.3. The van der Waals surface area contributed by atoms with Crippen molar-refractivity contribution in [2.24, 2.45) is 0 Å². The average Bonchev–Trinajstić information content (AvgIpc) is 2.79. The molecule has 33 heavy (non-hydrogen) atoms. The molecule has 0 fully saturated rings. The molecule has 0 aliphatic rings. The summed E-state index contributed by atoms with van der Waals surface area (Å²) in [5, 5.41) is 3.02. The number of hydrogen-bond acceptors (Lipinski definition) is 4. The van der Waals surface area contributed by atoms with Gasteiger partial charge in [-0.15, -0.1) is 0 Å². The van der Waals surface area contributed by atoms with Crippen LogP contribution in [0.5, 0.6) is 5.75 Å². The smallest absolute Gasteiger partial charge is 0.243 e. The molecule has 0 aliphatic heterocycles. The molecule has 0 aliphatic carbocycles. The van der Waals surface area contributed by atoms with E-state index in [1.807, 2.05) is 62.4 Å². The zero-order valence-corrected chi connectivity index (χ0v) is 20.4. The molecule has 1 N–H and O–H groups in total. The van der Waals surface area contributed by atoms with Crippen molar-refractivity contribution in [3.05, 3.63) is 88.4 Å². The van der Waals surface area contributed by atoms with Crippen LogP contribution in [0.2, 0.25) is 5.02 Å². The van der Waals surface area contributed by atoms with E-state index in [4.69, 9.17) is 16.3 Å². The Balaban J connectivity index is 1.87. The van der Waals surface area contributed by atoms with Crippen molar-refractivity contribution in [2.75, 3.05) is 25.5 Å². The fourth-order valence-corrected chi connectivity index (χ4v) is 5.11. The lowest BCUT2D eigenvalue weighted by molar-refractivity contribution is -0.116. The normalized spacial score (nSPS) is 11.4. The second kappa shape index (κ2) is 10.8. The summed E-state index contributed by atoms with van der Waals surface area (Å²) in [6.45, 7) is 3.62. The van der Waals surface area contributed by atoms with Gasteiger partial charge in [-0.3, -0.25) is 4.79 Å². The second-order valence-electron chi connectivity index (χ2n) is 7.74. The van der Waals surface area contributed by atoms with E-state index in [-0.39, 0.29) is 23.0 Å². The number of aryl methyl sites for hydroxylation is 2. The van der Waals surface area contributed by atoms with E-state index in [1.165, 1.54) is 29.6 Å². The summed E-state index contributed by atoms with van der Waals surface area (Å²) in [6.07, 6.45) is 0.459. The Labute approximate surface area is 200 Å². The van der Waals surface area contributed by atoms with Crippen LogP contribution in [-0.2, 0) is 21.2 Å². The molecule has 3 rings (SSSR count). The zero-order valence-electron chi connectivity index (χ0n) is 18.8. The van der Waals surface area contributed by atoms with Gasteiger partial charge in [-0.05, 0) is 61.2 Å². The van der Waals surface area contributed by atoms with Crippen LogP contribution in [0.4, 0.5) is 5.69 Å². The maximum Gasteiger partial charge on any atom is 0.243 e. The van der Waals surface area contributed by atoms with E-state index in [0.717, 1.165) is 16.7 Å². The number of rotatable bonds is 9. The number of benzene rings is 3.